The number of methoxy groups -OCH3 is 1. The van der Waals surface area contributed by atoms with E-state index >= 15 is 0 Å². The second kappa shape index (κ2) is 7.44. The van der Waals surface area contributed by atoms with E-state index in [2.05, 4.69) is 9.97 Å². The van der Waals surface area contributed by atoms with Crippen LogP contribution >= 0.6 is 0 Å². The van der Waals surface area contributed by atoms with E-state index in [1.165, 1.54) is 7.11 Å². The molecular formula is C21H21FN4O2. The smallest absolute Gasteiger partial charge is 0.255 e. The zero-order chi connectivity index (χ0) is 19.7. The van der Waals surface area contributed by atoms with Crippen LogP contribution in [0.4, 0.5) is 10.1 Å². The number of nitrogens with two attached hydrogens (primary N) is 1. The van der Waals surface area contributed by atoms with E-state index in [-0.39, 0.29) is 17.1 Å². The van der Waals surface area contributed by atoms with E-state index in [0.29, 0.717) is 48.7 Å². The van der Waals surface area contributed by atoms with Gasteiger partial charge in [-0.25, -0.2) is 9.37 Å². The third kappa shape index (κ3) is 3.48. The Morgan fingerprint density at radius 2 is 2.04 bits per heavy atom. The summed E-state index contributed by atoms with van der Waals surface area (Å²) in [7, 11) is 1.45. The van der Waals surface area contributed by atoms with Crippen molar-refractivity contribution in [3.8, 4) is 17.1 Å². The number of nitrogens with one attached hydrogen (secondary N) is 1. The highest BCUT2D eigenvalue weighted by Crippen LogP contribution is 2.24. The highest BCUT2D eigenvalue weighted by molar-refractivity contribution is 5.58. The number of ether oxygens (including phenoxy) is 1. The molecule has 4 rings (SSSR count). The van der Waals surface area contributed by atoms with Crippen molar-refractivity contribution in [3.63, 3.8) is 0 Å². The van der Waals surface area contributed by atoms with Gasteiger partial charge >= 0.3 is 0 Å². The van der Waals surface area contributed by atoms with Crippen LogP contribution in [0, 0.1) is 5.82 Å². The van der Waals surface area contributed by atoms with Gasteiger partial charge in [-0.2, -0.15) is 0 Å². The average Bonchev–Trinajstić information content (AvgIpc) is 2.70. The molecule has 3 aromatic rings. The molecule has 0 fully saturated rings. The molecule has 0 aliphatic carbocycles. The van der Waals surface area contributed by atoms with Crippen LogP contribution in [0.3, 0.4) is 0 Å². The number of H-pyrrole nitrogens is 1. The number of hydrogen-bond donors (Lipinski definition) is 2. The van der Waals surface area contributed by atoms with Crippen LogP contribution in [0.2, 0.25) is 0 Å². The van der Waals surface area contributed by atoms with Crippen molar-refractivity contribution in [2.75, 3.05) is 19.4 Å². The number of anilines is 1. The summed E-state index contributed by atoms with van der Waals surface area (Å²) < 4.78 is 19.5. The number of aromatic nitrogens is 2. The lowest BCUT2D eigenvalue weighted by atomic mass is 10.0. The van der Waals surface area contributed by atoms with Gasteiger partial charge in [-0.15, -0.1) is 0 Å². The number of aromatic amines is 1. The van der Waals surface area contributed by atoms with E-state index in [1.807, 2.05) is 17.0 Å². The van der Waals surface area contributed by atoms with Gasteiger partial charge in [0.15, 0.2) is 11.6 Å². The fourth-order valence-corrected chi connectivity index (χ4v) is 3.47. The number of halogens is 1. The zero-order valence-electron chi connectivity index (χ0n) is 15.5. The number of benzene rings is 2. The lowest BCUT2D eigenvalue weighted by Gasteiger charge is -2.28. The van der Waals surface area contributed by atoms with Gasteiger partial charge in [0, 0.05) is 42.9 Å². The molecule has 0 radical (unpaired) electrons. The molecule has 1 aliphatic rings. The fourth-order valence-electron chi connectivity index (χ4n) is 3.47. The Morgan fingerprint density at radius 3 is 2.79 bits per heavy atom. The van der Waals surface area contributed by atoms with Gasteiger partial charge in [0.25, 0.3) is 5.56 Å². The van der Waals surface area contributed by atoms with Crippen molar-refractivity contribution in [1.29, 1.82) is 0 Å². The molecule has 0 atom stereocenters. The van der Waals surface area contributed by atoms with Crippen molar-refractivity contribution < 1.29 is 9.13 Å². The van der Waals surface area contributed by atoms with Crippen LogP contribution in [-0.4, -0.2) is 28.5 Å². The minimum absolute atomic E-state index is 0.160. The first-order chi connectivity index (χ1) is 13.5. The molecule has 0 saturated heterocycles. The molecule has 144 valence electrons. The fraction of sp³-hybridized carbons (Fsp3) is 0.238. The molecule has 0 spiro atoms. The number of nitrogens with zero attached hydrogens (tertiary/aromatic N) is 2. The molecular weight excluding hydrogens is 359 g/mol. The van der Waals surface area contributed by atoms with Crippen LogP contribution in [-0.2, 0) is 19.5 Å². The maximum atomic E-state index is 14.4. The summed E-state index contributed by atoms with van der Waals surface area (Å²) in [6.45, 7) is 1.53. The SMILES string of the molecule is COc1cccc(CN2CCc3nc(-c4ccc(N)cc4)[nH]c(=O)c3C2)c1F. The van der Waals surface area contributed by atoms with Crippen molar-refractivity contribution >= 4 is 5.69 Å². The number of rotatable bonds is 4. The van der Waals surface area contributed by atoms with E-state index in [9.17, 15) is 9.18 Å². The Bertz CT molecular complexity index is 1060. The summed E-state index contributed by atoms with van der Waals surface area (Å²) in [5.41, 5.74) is 9.00. The van der Waals surface area contributed by atoms with Gasteiger partial charge in [-0.1, -0.05) is 12.1 Å². The predicted molar refractivity (Wildman–Crippen MR) is 105 cm³/mol. The third-order valence-corrected chi connectivity index (χ3v) is 4.99. The van der Waals surface area contributed by atoms with E-state index in [4.69, 9.17) is 10.5 Å². The molecule has 0 unspecified atom stereocenters. The van der Waals surface area contributed by atoms with Crippen LogP contribution in [0.5, 0.6) is 5.75 Å². The molecule has 7 heteroatoms. The molecule has 1 aromatic heterocycles. The predicted octanol–water partition coefficient (Wildman–Crippen LogP) is 2.73. The van der Waals surface area contributed by atoms with Gasteiger partial charge in [-0.3, -0.25) is 9.69 Å². The van der Waals surface area contributed by atoms with Gasteiger partial charge < -0.3 is 15.5 Å². The summed E-state index contributed by atoms with van der Waals surface area (Å²) in [5.74, 6) is 0.403. The quantitative estimate of drug-likeness (QED) is 0.680. The van der Waals surface area contributed by atoms with Crippen molar-refractivity contribution in [3.05, 3.63) is 75.5 Å². The minimum Gasteiger partial charge on any atom is -0.494 e. The molecule has 2 aromatic carbocycles. The Hall–Kier alpha value is -3.19. The summed E-state index contributed by atoms with van der Waals surface area (Å²) in [6.07, 6.45) is 0.632. The molecule has 0 amide bonds. The van der Waals surface area contributed by atoms with Gasteiger partial charge in [0.2, 0.25) is 0 Å². The topological polar surface area (TPSA) is 84.2 Å². The molecule has 3 N–H and O–H groups in total. The lowest BCUT2D eigenvalue weighted by Crippen LogP contribution is -2.35. The second-order valence-electron chi connectivity index (χ2n) is 6.86. The Balaban J connectivity index is 1.58. The molecule has 0 bridgehead atoms. The van der Waals surface area contributed by atoms with Crippen molar-refractivity contribution in [1.82, 2.24) is 14.9 Å². The molecule has 6 nitrogen and oxygen atoms in total. The van der Waals surface area contributed by atoms with Gasteiger partial charge in [0.05, 0.1) is 18.4 Å². The minimum atomic E-state index is -0.360. The van der Waals surface area contributed by atoms with Crippen LogP contribution < -0.4 is 16.0 Å². The Morgan fingerprint density at radius 1 is 1.25 bits per heavy atom. The zero-order valence-corrected chi connectivity index (χ0v) is 15.5. The largest absolute Gasteiger partial charge is 0.494 e. The molecule has 0 saturated carbocycles. The summed E-state index contributed by atoms with van der Waals surface area (Å²) in [5, 5.41) is 0. The van der Waals surface area contributed by atoms with Gasteiger partial charge in [0.1, 0.15) is 5.82 Å². The van der Waals surface area contributed by atoms with Crippen molar-refractivity contribution in [2.24, 2.45) is 0 Å². The Kier molecular flexibility index (Phi) is 4.83. The first-order valence-corrected chi connectivity index (χ1v) is 9.07. The van der Waals surface area contributed by atoms with Crippen LogP contribution in [0.15, 0.2) is 47.3 Å². The summed E-state index contributed by atoms with van der Waals surface area (Å²) in [6, 6.07) is 12.3. The summed E-state index contributed by atoms with van der Waals surface area (Å²) >= 11 is 0. The standard InChI is InChI=1S/C21H21FN4O2/c1-28-18-4-2-3-14(19(18)22)11-26-10-9-17-16(12-26)21(27)25-20(24-17)13-5-7-15(23)8-6-13/h2-8H,9-12,23H2,1H3,(H,24,25,27). The molecule has 2 heterocycles. The second-order valence-corrected chi connectivity index (χ2v) is 6.86. The maximum Gasteiger partial charge on any atom is 0.255 e. The number of nitrogen functional groups attached to an aromatic ring is 1. The highest BCUT2D eigenvalue weighted by atomic mass is 19.1. The van der Waals surface area contributed by atoms with Crippen LogP contribution in [0.1, 0.15) is 16.8 Å². The van der Waals surface area contributed by atoms with Gasteiger partial charge in [-0.05, 0) is 30.3 Å². The van der Waals surface area contributed by atoms with E-state index < -0.39 is 0 Å². The lowest BCUT2D eigenvalue weighted by molar-refractivity contribution is 0.237. The van der Waals surface area contributed by atoms with E-state index in [1.54, 1.807) is 30.3 Å². The molecule has 28 heavy (non-hydrogen) atoms. The third-order valence-electron chi connectivity index (χ3n) is 4.99. The first kappa shape index (κ1) is 18.2. The molecule has 1 aliphatic heterocycles. The van der Waals surface area contributed by atoms with Crippen LogP contribution in [0.25, 0.3) is 11.4 Å². The van der Waals surface area contributed by atoms with E-state index in [0.717, 1.165) is 11.3 Å². The number of fused-ring (bicyclic) bond motifs is 1. The first-order valence-electron chi connectivity index (χ1n) is 9.07. The number of hydrogen-bond acceptors (Lipinski definition) is 5. The average molecular weight is 380 g/mol. The highest BCUT2D eigenvalue weighted by Gasteiger charge is 2.23. The van der Waals surface area contributed by atoms with Crippen molar-refractivity contribution in [2.45, 2.75) is 19.5 Å². The summed E-state index contributed by atoms with van der Waals surface area (Å²) in [4.78, 5) is 22.2. The normalized spacial score (nSPS) is 13.9. The Labute approximate surface area is 161 Å². The monoisotopic (exact) mass is 380 g/mol. The maximum absolute atomic E-state index is 14.4.